The number of amides is 2. The van der Waals surface area contributed by atoms with Gasteiger partial charge in [0.1, 0.15) is 5.82 Å². The van der Waals surface area contributed by atoms with Gasteiger partial charge in [0.25, 0.3) is 0 Å². The number of nitrogens with one attached hydrogen (secondary N) is 2. The van der Waals surface area contributed by atoms with Gasteiger partial charge in [-0.15, -0.1) is 0 Å². The van der Waals surface area contributed by atoms with Crippen molar-refractivity contribution in [3.8, 4) is 11.4 Å². The maximum absolute atomic E-state index is 13.0. The van der Waals surface area contributed by atoms with Crippen molar-refractivity contribution < 1.29 is 4.79 Å². The lowest BCUT2D eigenvalue weighted by Gasteiger charge is -2.39. The fraction of sp³-hybridized carbons (Fsp3) is 0.571. The Labute approximate surface area is 160 Å². The first kappa shape index (κ1) is 18.0. The van der Waals surface area contributed by atoms with E-state index in [9.17, 15) is 4.79 Å². The summed E-state index contributed by atoms with van der Waals surface area (Å²) in [5.74, 6) is 1.52. The Morgan fingerprint density at radius 2 is 2.15 bits per heavy atom. The number of aromatic amines is 1. The van der Waals surface area contributed by atoms with Crippen LogP contribution in [0.5, 0.6) is 0 Å². The predicted octanol–water partition coefficient (Wildman–Crippen LogP) is 4.47. The van der Waals surface area contributed by atoms with Crippen molar-refractivity contribution in [2.24, 2.45) is 10.8 Å². The van der Waals surface area contributed by atoms with Crippen LogP contribution in [0.4, 0.5) is 10.5 Å². The van der Waals surface area contributed by atoms with E-state index in [4.69, 9.17) is 0 Å². The number of hydrogen-bond acceptors (Lipinski definition) is 3. The molecule has 144 valence electrons. The number of aryl methyl sites for hydroxylation is 1. The number of carbonyl (C=O) groups excluding carboxylic acids is 1. The fourth-order valence-electron chi connectivity index (χ4n) is 5.21. The Morgan fingerprint density at radius 3 is 2.89 bits per heavy atom. The van der Waals surface area contributed by atoms with Gasteiger partial charge in [-0.1, -0.05) is 39.8 Å². The molecule has 1 aromatic carbocycles. The second kappa shape index (κ2) is 6.36. The smallest absolute Gasteiger partial charge is 0.321 e. The Kier molecular flexibility index (Phi) is 4.24. The molecule has 27 heavy (non-hydrogen) atoms. The second-order valence-electron chi connectivity index (χ2n) is 9.31. The highest BCUT2D eigenvalue weighted by Crippen LogP contribution is 2.52. The summed E-state index contributed by atoms with van der Waals surface area (Å²) in [6.45, 7) is 9.85. The molecule has 1 aliphatic heterocycles. The maximum Gasteiger partial charge on any atom is 0.322 e. The third-order valence-electron chi connectivity index (χ3n) is 5.91. The molecule has 0 unspecified atom stereocenters. The van der Waals surface area contributed by atoms with Gasteiger partial charge in [-0.25, -0.2) is 9.78 Å². The Balaban J connectivity index is 1.50. The first-order chi connectivity index (χ1) is 12.8. The number of nitrogens with zero attached hydrogens (tertiary/aromatic N) is 3. The lowest BCUT2D eigenvalue weighted by atomic mass is 9.65. The number of benzene rings is 1. The van der Waals surface area contributed by atoms with Crippen molar-refractivity contribution in [3.63, 3.8) is 0 Å². The standard InChI is InChI=1S/C21H29N5O/c1-5-17-23-18(25-24-17)14-7-6-8-15(9-14)22-19(27)26-13-21(4)11-16(26)10-20(2,3)12-21/h6-9,16H,5,10-13H2,1-4H3,(H,22,27)(H,23,24,25)/t16-,21-/m1/s1. The number of rotatable bonds is 3. The second-order valence-corrected chi connectivity index (χ2v) is 9.31. The molecule has 2 aromatic rings. The van der Waals surface area contributed by atoms with Crippen molar-refractivity contribution in [1.29, 1.82) is 0 Å². The minimum atomic E-state index is 0.00260. The molecule has 2 atom stereocenters. The highest BCUT2D eigenvalue weighted by molar-refractivity contribution is 5.90. The van der Waals surface area contributed by atoms with Crippen molar-refractivity contribution >= 4 is 11.7 Å². The van der Waals surface area contributed by atoms with Crippen molar-refractivity contribution in [2.45, 2.75) is 59.4 Å². The molecule has 1 aliphatic carbocycles. The highest BCUT2D eigenvalue weighted by atomic mass is 16.2. The molecule has 1 saturated heterocycles. The van der Waals surface area contributed by atoms with Gasteiger partial charge in [0.2, 0.25) is 0 Å². The minimum absolute atomic E-state index is 0.00260. The van der Waals surface area contributed by atoms with Gasteiger partial charge >= 0.3 is 6.03 Å². The highest BCUT2D eigenvalue weighted by Gasteiger charge is 2.51. The van der Waals surface area contributed by atoms with Crippen LogP contribution in [0.2, 0.25) is 0 Å². The number of likely N-dealkylation sites (tertiary alicyclic amines) is 1. The van der Waals surface area contributed by atoms with Crippen LogP contribution in [0.15, 0.2) is 24.3 Å². The summed E-state index contributed by atoms with van der Waals surface area (Å²) >= 11 is 0. The number of hydrogen-bond donors (Lipinski definition) is 2. The lowest BCUT2D eigenvalue weighted by Crippen LogP contribution is -2.40. The normalized spacial score (nSPS) is 26.2. The largest absolute Gasteiger partial charge is 0.322 e. The first-order valence-electron chi connectivity index (χ1n) is 9.86. The van der Waals surface area contributed by atoms with Gasteiger partial charge in [0.05, 0.1) is 0 Å². The monoisotopic (exact) mass is 367 g/mol. The molecule has 4 rings (SSSR count). The predicted molar refractivity (Wildman–Crippen MR) is 106 cm³/mol. The van der Waals surface area contributed by atoms with Crippen LogP contribution >= 0.6 is 0 Å². The maximum atomic E-state index is 13.0. The molecule has 1 aromatic heterocycles. The van der Waals surface area contributed by atoms with Crippen LogP contribution in [-0.2, 0) is 6.42 Å². The molecule has 2 fully saturated rings. The Hall–Kier alpha value is -2.37. The number of anilines is 1. The van der Waals surface area contributed by atoms with Crippen molar-refractivity contribution in [3.05, 3.63) is 30.1 Å². The molecule has 2 aliphatic rings. The van der Waals surface area contributed by atoms with E-state index in [0.29, 0.717) is 17.3 Å². The number of H-pyrrole nitrogens is 1. The van der Waals surface area contributed by atoms with Crippen LogP contribution in [0, 0.1) is 10.8 Å². The van der Waals surface area contributed by atoms with Crippen LogP contribution in [0.1, 0.15) is 52.8 Å². The summed E-state index contributed by atoms with van der Waals surface area (Å²) in [6.07, 6.45) is 4.18. The molecule has 0 spiro atoms. The van der Waals surface area contributed by atoms with E-state index < -0.39 is 0 Å². The molecular weight excluding hydrogens is 338 g/mol. The average Bonchev–Trinajstić information content (AvgIpc) is 3.16. The zero-order chi connectivity index (χ0) is 19.2. The fourth-order valence-corrected chi connectivity index (χ4v) is 5.21. The van der Waals surface area contributed by atoms with Gasteiger partial charge in [0.15, 0.2) is 5.82 Å². The van der Waals surface area contributed by atoms with Crippen LogP contribution in [0.3, 0.4) is 0 Å². The Bertz CT molecular complexity index is 858. The van der Waals surface area contributed by atoms with E-state index in [0.717, 1.165) is 42.9 Å². The summed E-state index contributed by atoms with van der Waals surface area (Å²) in [6, 6.07) is 8.09. The molecule has 2 amide bonds. The summed E-state index contributed by atoms with van der Waals surface area (Å²) < 4.78 is 0. The van der Waals surface area contributed by atoms with E-state index in [2.05, 4.69) is 41.3 Å². The lowest BCUT2D eigenvalue weighted by molar-refractivity contribution is 0.130. The van der Waals surface area contributed by atoms with E-state index in [1.165, 1.54) is 6.42 Å². The molecule has 0 radical (unpaired) electrons. The van der Waals surface area contributed by atoms with Gasteiger partial charge in [-0.3, -0.25) is 5.10 Å². The minimum Gasteiger partial charge on any atom is -0.321 e. The van der Waals surface area contributed by atoms with Gasteiger partial charge in [-0.2, -0.15) is 5.10 Å². The molecule has 2 heterocycles. The zero-order valence-electron chi connectivity index (χ0n) is 16.7. The van der Waals surface area contributed by atoms with Crippen LogP contribution in [-0.4, -0.2) is 38.7 Å². The number of aromatic nitrogens is 3. The molecule has 1 saturated carbocycles. The van der Waals surface area contributed by atoms with Gasteiger partial charge in [-0.05, 0) is 42.2 Å². The summed E-state index contributed by atoms with van der Waals surface area (Å²) in [4.78, 5) is 19.5. The zero-order valence-corrected chi connectivity index (χ0v) is 16.7. The van der Waals surface area contributed by atoms with E-state index >= 15 is 0 Å². The van der Waals surface area contributed by atoms with E-state index in [1.54, 1.807) is 0 Å². The van der Waals surface area contributed by atoms with E-state index in [1.807, 2.05) is 36.1 Å². The van der Waals surface area contributed by atoms with E-state index in [-0.39, 0.29) is 11.4 Å². The van der Waals surface area contributed by atoms with Crippen LogP contribution in [0.25, 0.3) is 11.4 Å². The first-order valence-corrected chi connectivity index (χ1v) is 9.86. The molecule has 2 bridgehead atoms. The quantitative estimate of drug-likeness (QED) is 0.841. The number of fused-ring (bicyclic) bond motifs is 2. The number of urea groups is 1. The van der Waals surface area contributed by atoms with Crippen molar-refractivity contribution in [1.82, 2.24) is 20.1 Å². The number of carbonyl (C=O) groups is 1. The summed E-state index contributed by atoms with van der Waals surface area (Å²) in [5, 5.41) is 10.3. The summed E-state index contributed by atoms with van der Waals surface area (Å²) in [7, 11) is 0. The van der Waals surface area contributed by atoms with Gasteiger partial charge < -0.3 is 10.2 Å². The topological polar surface area (TPSA) is 73.9 Å². The molecule has 6 heteroatoms. The third kappa shape index (κ3) is 3.57. The van der Waals surface area contributed by atoms with Crippen LogP contribution < -0.4 is 5.32 Å². The van der Waals surface area contributed by atoms with Gasteiger partial charge in [0, 0.05) is 30.3 Å². The molecule has 2 N–H and O–H groups in total. The summed E-state index contributed by atoms with van der Waals surface area (Å²) in [5.41, 5.74) is 2.22. The molecular formula is C21H29N5O. The SMILES string of the molecule is CCc1nc(-c2cccc(NC(=O)N3C[C@]4(C)C[C@H]3CC(C)(C)C4)c2)n[nH]1. The third-order valence-corrected chi connectivity index (χ3v) is 5.91. The average molecular weight is 367 g/mol. The van der Waals surface area contributed by atoms with Crippen molar-refractivity contribution in [2.75, 3.05) is 11.9 Å². The molecule has 6 nitrogen and oxygen atoms in total. The Morgan fingerprint density at radius 1 is 1.33 bits per heavy atom.